The molecule has 102 valence electrons. The number of benzene rings is 1. The summed E-state index contributed by atoms with van der Waals surface area (Å²) in [5.74, 6) is 1.45. The molecule has 2 aromatic rings. The van der Waals surface area contributed by atoms with Gasteiger partial charge in [0.1, 0.15) is 17.2 Å². The van der Waals surface area contributed by atoms with Gasteiger partial charge in [-0.15, -0.1) is 5.10 Å². The largest absolute Gasteiger partial charge is 0.496 e. The minimum Gasteiger partial charge on any atom is -0.496 e. The van der Waals surface area contributed by atoms with Crippen molar-refractivity contribution >= 4 is 15.9 Å². The van der Waals surface area contributed by atoms with Crippen LogP contribution in [0.3, 0.4) is 0 Å². The Hall–Kier alpha value is -1.60. The molecule has 0 aliphatic carbocycles. The van der Waals surface area contributed by atoms with Crippen LogP contribution >= 0.6 is 15.9 Å². The molecule has 1 N–H and O–H groups in total. The number of nitrogens with zero attached hydrogens (tertiary/aromatic N) is 3. The molecule has 0 radical (unpaired) electrons. The van der Waals surface area contributed by atoms with Gasteiger partial charge in [-0.2, -0.15) is 0 Å². The third kappa shape index (κ3) is 3.05. The number of aliphatic hydroxyl groups excluding tert-OH is 1. The highest BCUT2D eigenvalue weighted by molar-refractivity contribution is 9.10. The van der Waals surface area contributed by atoms with Gasteiger partial charge in [0, 0.05) is 5.56 Å². The van der Waals surface area contributed by atoms with E-state index in [1.54, 1.807) is 25.1 Å². The zero-order valence-electron chi connectivity index (χ0n) is 10.6. The average Bonchev–Trinajstić information content (AvgIpc) is 2.88. The van der Waals surface area contributed by atoms with Crippen molar-refractivity contribution in [2.75, 3.05) is 14.2 Å². The minimum atomic E-state index is -0.124. The lowest BCUT2D eigenvalue weighted by Crippen LogP contribution is -2.03. The van der Waals surface area contributed by atoms with E-state index in [0.717, 1.165) is 21.5 Å². The molecule has 0 fully saturated rings. The molecule has 0 spiro atoms. The van der Waals surface area contributed by atoms with Crippen molar-refractivity contribution in [3.05, 3.63) is 34.1 Å². The number of hydrogen-bond donors (Lipinski definition) is 1. The molecule has 6 nitrogen and oxygen atoms in total. The van der Waals surface area contributed by atoms with Gasteiger partial charge in [-0.05, 0) is 28.1 Å². The van der Waals surface area contributed by atoms with Gasteiger partial charge in [0.25, 0.3) is 0 Å². The Bertz CT molecular complexity index is 571. The van der Waals surface area contributed by atoms with Crippen molar-refractivity contribution in [1.29, 1.82) is 0 Å². The molecular formula is C12H14BrN3O3. The van der Waals surface area contributed by atoms with E-state index in [9.17, 15) is 0 Å². The first-order chi connectivity index (χ1) is 9.17. The van der Waals surface area contributed by atoms with Crippen molar-refractivity contribution in [2.45, 2.75) is 13.2 Å². The molecule has 1 heterocycles. The molecular weight excluding hydrogens is 314 g/mol. The number of ether oxygens (including phenoxy) is 2. The summed E-state index contributed by atoms with van der Waals surface area (Å²) < 4.78 is 13.1. The number of rotatable bonds is 5. The van der Waals surface area contributed by atoms with Crippen LogP contribution in [0.1, 0.15) is 11.3 Å². The fraction of sp³-hybridized carbons (Fsp3) is 0.333. The molecule has 0 saturated heterocycles. The van der Waals surface area contributed by atoms with Crippen LogP contribution in [0.25, 0.3) is 0 Å². The molecule has 0 saturated carbocycles. The third-order valence-electron chi connectivity index (χ3n) is 2.64. The smallest absolute Gasteiger partial charge is 0.133 e. The summed E-state index contributed by atoms with van der Waals surface area (Å²) in [6.45, 7) is 0.362. The van der Waals surface area contributed by atoms with Gasteiger partial charge < -0.3 is 14.6 Å². The lowest BCUT2D eigenvalue weighted by atomic mass is 10.2. The summed E-state index contributed by atoms with van der Waals surface area (Å²) in [6.07, 6.45) is 1.69. The van der Waals surface area contributed by atoms with Crippen LogP contribution in [0.2, 0.25) is 0 Å². The summed E-state index contributed by atoms with van der Waals surface area (Å²) in [5, 5.41) is 16.7. The second-order valence-corrected chi connectivity index (χ2v) is 4.72. The molecule has 2 rings (SSSR count). The summed E-state index contributed by atoms with van der Waals surface area (Å²) in [5.41, 5.74) is 1.44. The SMILES string of the molecule is COc1cc(Cn2cc(CO)nn2)c(OC)cc1Br. The maximum absolute atomic E-state index is 8.97. The highest BCUT2D eigenvalue weighted by Gasteiger charge is 2.11. The number of aromatic nitrogens is 3. The van der Waals surface area contributed by atoms with Gasteiger partial charge in [0.2, 0.25) is 0 Å². The van der Waals surface area contributed by atoms with E-state index in [0.29, 0.717) is 12.2 Å². The first kappa shape index (κ1) is 13.8. The monoisotopic (exact) mass is 327 g/mol. The number of methoxy groups -OCH3 is 2. The van der Waals surface area contributed by atoms with Crippen LogP contribution in [0.15, 0.2) is 22.8 Å². The Kier molecular flexibility index (Phi) is 4.39. The Morgan fingerprint density at radius 2 is 2.00 bits per heavy atom. The lowest BCUT2D eigenvalue weighted by molar-refractivity contribution is 0.276. The van der Waals surface area contributed by atoms with E-state index in [1.165, 1.54) is 0 Å². The zero-order chi connectivity index (χ0) is 13.8. The van der Waals surface area contributed by atoms with Gasteiger partial charge in [0.05, 0.1) is 38.0 Å². The van der Waals surface area contributed by atoms with Crippen molar-refractivity contribution in [1.82, 2.24) is 15.0 Å². The minimum absolute atomic E-state index is 0.124. The molecule has 0 amide bonds. The first-order valence-corrected chi connectivity index (χ1v) is 6.37. The Balaban J connectivity index is 2.32. The van der Waals surface area contributed by atoms with Crippen LogP contribution < -0.4 is 9.47 Å². The summed E-state index contributed by atoms with van der Waals surface area (Å²) in [6, 6.07) is 3.72. The van der Waals surface area contributed by atoms with Gasteiger partial charge >= 0.3 is 0 Å². The van der Waals surface area contributed by atoms with E-state index in [2.05, 4.69) is 26.2 Å². The van der Waals surface area contributed by atoms with Crippen molar-refractivity contribution < 1.29 is 14.6 Å². The Morgan fingerprint density at radius 3 is 2.58 bits per heavy atom. The van der Waals surface area contributed by atoms with Crippen LogP contribution in [-0.4, -0.2) is 34.3 Å². The van der Waals surface area contributed by atoms with E-state index in [1.807, 2.05) is 12.1 Å². The summed E-state index contributed by atoms with van der Waals surface area (Å²) in [7, 11) is 3.22. The molecule has 1 aromatic heterocycles. The summed E-state index contributed by atoms with van der Waals surface area (Å²) >= 11 is 3.41. The van der Waals surface area contributed by atoms with Gasteiger partial charge in [-0.3, -0.25) is 0 Å². The van der Waals surface area contributed by atoms with Crippen molar-refractivity contribution in [2.24, 2.45) is 0 Å². The van der Waals surface area contributed by atoms with Gasteiger partial charge in [0.15, 0.2) is 0 Å². The molecule has 1 aromatic carbocycles. The predicted octanol–water partition coefficient (Wildman–Crippen LogP) is 1.60. The lowest BCUT2D eigenvalue weighted by Gasteiger charge is -2.12. The maximum atomic E-state index is 8.97. The van der Waals surface area contributed by atoms with E-state index >= 15 is 0 Å². The van der Waals surface area contributed by atoms with Crippen LogP contribution in [0.5, 0.6) is 11.5 Å². The normalized spacial score (nSPS) is 10.5. The second kappa shape index (κ2) is 6.03. The van der Waals surface area contributed by atoms with Gasteiger partial charge in [-0.1, -0.05) is 5.21 Å². The first-order valence-electron chi connectivity index (χ1n) is 5.58. The standard InChI is InChI=1S/C12H14BrN3O3/c1-18-11-4-10(13)12(19-2)3-8(11)5-16-6-9(7-17)14-15-16/h3-4,6,17H,5,7H2,1-2H3. The number of aliphatic hydroxyl groups is 1. The van der Waals surface area contributed by atoms with E-state index in [-0.39, 0.29) is 6.61 Å². The molecule has 7 heteroatoms. The van der Waals surface area contributed by atoms with Crippen LogP contribution in [0, 0.1) is 0 Å². The summed E-state index contributed by atoms with van der Waals surface area (Å²) in [4.78, 5) is 0. The van der Waals surface area contributed by atoms with Crippen molar-refractivity contribution in [3.63, 3.8) is 0 Å². The molecule has 0 unspecified atom stereocenters. The fourth-order valence-corrected chi connectivity index (χ4v) is 2.19. The highest BCUT2D eigenvalue weighted by Crippen LogP contribution is 2.33. The Labute approximate surface area is 119 Å². The molecule has 0 bridgehead atoms. The molecule has 0 aliphatic heterocycles. The topological polar surface area (TPSA) is 69.4 Å². The Morgan fingerprint density at radius 1 is 1.26 bits per heavy atom. The van der Waals surface area contributed by atoms with Crippen molar-refractivity contribution in [3.8, 4) is 11.5 Å². The molecule has 0 atom stereocenters. The molecule has 0 aliphatic rings. The van der Waals surface area contributed by atoms with Gasteiger partial charge in [-0.25, -0.2) is 4.68 Å². The van der Waals surface area contributed by atoms with Crippen LogP contribution in [0.4, 0.5) is 0 Å². The predicted molar refractivity (Wildman–Crippen MR) is 72.3 cm³/mol. The average molecular weight is 328 g/mol. The second-order valence-electron chi connectivity index (χ2n) is 3.86. The highest BCUT2D eigenvalue weighted by atomic mass is 79.9. The van der Waals surface area contributed by atoms with Crippen LogP contribution in [-0.2, 0) is 13.2 Å². The number of hydrogen-bond acceptors (Lipinski definition) is 5. The fourth-order valence-electron chi connectivity index (χ4n) is 1.71. The maximum Gasteiger partial charge on any atom is 0.133 e. The quantitative estimate of drug-likeness (QED) is 0.903. The molecule has 19 heavy (non-hydrogen) atoms. The third-order valence-corrected chi connectivity index (χ3v) is 3.25. The number of halogens is 1. The van der Waals surface area contributed by atoms with E-state index in [4.69, 9.17) is 14.6 Å². The van der Waals surface area contributed by atoms with E-state index < -0.39 is 0 Å². The zero-order valence-corrected chi connectivity index (χ0v) is 12.2.